The molecule has 1 aliphatic heterocycles. The Balaban J connectivity index is 2.45. The fourth-order valence-electron chi connectivity index (χ4n) is 2.84. The lowest BCUT2D eigenvalue weighted by Crippen LogP contribution is -2.33. The van der Waals surface area contributed by atoms with Crippen molar-refractivity contribution in [1.29, 1.82) is 0 Å². The Morgan fingerprint density at radius 1 is 1.25 bits per heavy atom. The van der Waals surface area contributed by atoms with Gasteiger partial charge in [0.1, 0.15) is 5.82 Å². The molecule has 7 nitrogen and oxygen atoms in total. The number of methoxy groups -OCH3 is 1. The number of halogens is 5. The molecule has 1 aromatic rings. The van der Waals surface area contributed by atoms with Crippen LogP contribution in [0.4, 0.5) is 32.6 Å². The summed E-state index contributed by atoms with van der Waals surface area (Å²) in [5.41, 5.74) is -0.479. The van der Waals surface area contributed by atoms with Crippen molar-refractivity contribution in [3.8, 4) is 0 Å². The van der Waals surface area contributed by atoms with Crippen LogP contribution in [0.1, 0.15) is 40.7 Å². The number of pyridine rings is 1. The standard InChI is InChI=1S/C16H18F5N3O4/c1-9-10(16(19,20)21)8-22-12(11(9)13(25)23-28-14(26)27-2)24-6-3-4-15(17,18)5-7-24/h8H,3-7H2,1-2H3,(H,23,25). The number of carbonyl (C=O) groups excluding carboxylic acids is 2. The van der Waals surface area contributed by atoms with Crippen LogP contribution in [0.25, 0.3) is 0 Å². The fraction of sp³-hybridized carbons (Fsp3) is 0.562. The Bertz CT molecular complexity index is 755. The number of hydrogen-bond acceptors (Lipinski definition) is 6. The van der Waals surface area contributed by atoms with Crippen LogP contribution in [0.3, 0.4) is 0 Å². The Labute approximate surface area is 156 Å². The Morgan fingerprint density at radius 3 is 2.54 bits per heavy atom. The normalized spacial score (nSPS) is 16.9. The number of aromatic nitrogens is 1. The summed E-state index contributed by atoms with van der Waals surface area (Å²) in [4.78, 5) is 32.7. The molecule has 1 amide bonds. The summed E-state index contributed by atoms with van der Waals surface area (Å²) in [7, 11) is 0.967. The largest absolute Gasteiger partial charge is 0.533 e. The van der Waals surface area contributed by atoms with Crippen molar-refractivity contribution < 1.29 is 41.1 Å². The first-order chi connectivity index (χ1) is 13.0. The number of alkyl halides is 5. The predicted molar refractivity (Wildman–Crippen MR) is 85.9 cm³/mol. The minimum atomic E-state index is -4.79. The molecular weight excluding hydrogens is 393 g/mol. The molecule has 0 saturated carbocycles. The molecule has 1 aliphatic rings. The molecule has 1 fully saturated rings. The summed E-state index contributed by atoms with van der Waals surface area (Å²) in [6.07, 6.45) is -6.38. The number of nitrogens with zero attached hydrogens (tertiary/aromatic N) is 2. The second-order valence-electron chi connectivity index (χ2n) is 6.18. The van der Waals surface area contributed by atoms with E-state index in [9.17, 15) is 31.5 Å². The number of ether oxygens (including phenoxy) is 1. The van der Waals surface area contributed by atoms with E-state index in [1.807, 2.05) is 0 Å². The van der Waals surface area contributed by atoms with E-state index < -0.39 is 47.3 Å². The van der Waals surface area contributed by atoms with Gasteiger partial charge in [0.15, 0.2) is 0 Å². The van der Waals surface area contributed by atoms with Gasteiger partial charge >= 0.3 is 12.3 Å². The Kier molecular flexibility index (Phi) is 6.30. The van der Waals surface area contributed by atoms with Gasteiger partial charge in [0.25, 0.3) is 5.91 Å². The third-order valence-electron chi connectivity index (χ3n) is 4.26. The number of hydrogen-bond donors (Lipinski definition) is 1. The highest BCUT2D eigenvalue weighted by molar-refractivity contribution is 6.00. The minimum absolute atomic E-state index is 0.0640. The highest BCUT2D eigenvalue weighted by Gasteiger charge is 2.38. The van der Waals surface area contributed by atoms with Crippen LogP contribution < -0.4 is 10.4 Å². The van der Waals surface area contributed by atoms with E-state index in [0.29, 0.717) is 6.20 Å². The van der Waals surface area contributed by atoms with Gasteiger partial charge in [-0.1, -0.05) is 0 Å². The lowest BCUT2D eigenvalue weighted by Gasteiger charge is -2.26. The molecule has 0 bridgehead atoms. The molecule has 0 aliphatic carbocycles. The van der Waals surface area contributed by atoms with Gasteiger partial charge < -0.3 is 14.5 Å². The van der Waals surface area contributed by atoms with Gasteiger partial charge in [0, 0.05) is 32.1 Å². The maximum Gasteiger partial charge on any atom is 0.533 e. The second kappa shape index (κ2) is 8.15. The zero-order chi connectivity index (χ0) is 21.1. The number of nitrogens with one attached hydrogen (secondary N) is 1. The van der Waals surface area contributed by atoms with E-state index in [0.717, 1.165) is 14.0 Å². The highest BCUT2D eigenvalue weighted by Crippen LogP contribution is 2.36. The average molecular weight is 411 g/mol. The Morgan fingerprint density at radius 2 is 1.93 bits per heavy atom. The molecule has 12 heteroatoms. The van der Waals surface area contributed by atoms with Gasteiger partial charge in [-0.05, 0) is 18.9 Å². The molecule has 0 unspecified atom stereocenters. The summed E-state index contributed by atoms with van der Waals surface area (Å²) in [6, 6.07) is 0. The zero-order valence-corrected chi connectivity index (χ0v) is 15.0. The summed E-state index contributed by atoms with van der Waals surface area (Å²) in [5.74, 6) is -4.30. The number of amides is 1. The van der Waals surface area contributed by atoms with E-state index >= 15 is 0 Å². The molecule has 2 heterocycles. The first-order valence-corrected chi connectivity index (χ1v) is 8.21. The van der Waals surface area contributed by atoms with Gasteiger partial charge in [-0.2, -0.15) is 18.7 Å². The SMILES string of the molecule is COC(=O)ONC(=O)c1c(N2CCCC(F)(F)CC2)ncc(C(F)(F)F)c1C. The minimum Gasteiger partial charge on any atom is -0.436 e. The highest BCUT2D eigenvalue weighted by atomic mass is 19.4. The molecule has 1 N–H and O–H groups in total. The van der Waals surface area contributed by atoms with E-state index in [2.05, 4.69) is 14.6 Å². The van der Waals surface area contributed by atoms with Crippen LogP contribution in [0.5, 0.6) is 0 Å². The summed E-state index contributed by atoms with van der Waals surface area (Å²) >= 11 is 0. The van der Waals surface area contributed by atoms with Gasteiger partial charge in [-0.25, -0.2) is 18.6 Å². The predicted octanol–water partition coefficient (Wildman–Crippen LogP) is 3.46. The third kappa shape index (κ3) is 4.98. The van der Waals surface area contributed by atoms with Crippen molar-refractivity contribution >= 4 is 17.9 Å². The maximum atomic E-state index is 13.6. The molecule has 0 radical (unpaired) electrons. The van der Waals surface area contributed by atoms with Crippen LogP contribution in [-0.4, -0.2) is 43.2 Å². The van der Waals surface area contributed by atoms with E-state index in [1.165, 1.54) is 4.90 Å². The smallest absolute Gasteiger partial charge is 0.436 e. The van der Waals surface area contributed by atoms with Crippen molar-refractivity contribution in [2.75, 3.05) is 25.1 Å². The fourth-order valence-corrected chi connectivity index (χ4v) is 2.84. The maximum absolute atomic E-state index is 13.6. The molecule has 0 aromatic carbocycles. The van der Waals surface area contributed by atoms with Crippen LogP contribution in [0.2, 0.25) is 0 Å². The van der Waals surface area contributed by atoms with E-state index in [1.54, 1.807) is 5.48 Å². The molecular formula is C16H18F5N3O4. The summed E-state index contributed by atoms with van der Waals surface area (Å²) < 4.78 is 71.0. The van der Waals surface area contributed by atoms with Crippen LogP contribution in [0, 0.1) is 6.92 Å². The van der Waals surface area contributed by atoms with Crippen molar-refractivity contribution in [2.45, 2.75) is 38.3 Å². The lowest BCUT2D eigenvalue weighted by atomic mass is 10.0. The van der Waals surface area contributed by atoms with Crippen LogP contribution in [-0.2, 0) is 15.8 Å². The number of hydroxylamine groups is 1. The molecule has 0 atom stereocenters. The zero-order valence-electron chi connectivity index (χ0n) is 15.0. The lowest BCUT2D eigenvalue weighted by molar-refractivity contribution is -0.138. The molecule has 28 heavy (non-hydrogen) atoms. The van der Waals surface area contributed by atoms with Gasteiger partial charge in [-0.3, -0.25) is 4.79 Å². The summed E-state index contributed by atoms with van der Waals surface area (Å²) in [5, 5.41) is 0. The Hall–Kier alpha value is -2.66. The van der Waals surface area contributed by atoms with Gasteiger partial charge in [0.05, 0.1) is 18.2 Å². The molecule has 2 rings (SSSR count). The van der Waals surface area contributed by atoms with Crippen molar-refractivity contribution in [2.24, 2.45) is 0 Å². The average Bonchev–Trinajstić information content (AvgIpc) is 2.78. The first-order valence-electron chi connectivity index (χ1n) is 8.21. The number of rotatable bonds is 2. The number of carbonyl (C=O) groups is 2. The van der Waals surface area contributed by atoms with Gasteiger partial charge in [-0.15, -0.1) is 0 Å². The molecule has 1 saturated heterocycles. The van der Waals surface area contributed by atoms with Crippen molar-refractivity contribution in [1.82, 2.24) is 10.5 Å². The van der Waals surface area contributed by atoms with E-state index in [4.69, 9.17) is 0 Å². The first kappa shape index (κ1) is 21.6. The summed E-state index contributed by atoms with van der Waals surface area (Å²) in [6.45, 7) is 0.919. The third-order valence-corrected chi connectivity index (χ3v) is 4.26. The quantitative estimate of drug-likeness (QED) is 0.456. The van der Waals surface area contributed by atoms with E-state index in [-0.39, 0.29) is 31.7 Å². The molecule has 0 spiro atoms. The molecule has 156 valence electrons. The van der Waals surface area contributed by atoms with Crippen LogP contribution in [0.15, 0.2) is 6.20 Å². The second-order valence-corrected chi connectivity index (χ2v) is 6.18. The monoisotopic (exact) mass is 411 g/mol. The topological polar surface area (TPSA) is 80.8 Å². The van der Waals surface area contributed by atoms with Gasteiger partial charge in [0.2, 0.25) is 5.92 Å². The van der Waals surface area contributed by atoms with Crippen molar-refractivity contribution in [3.05, 3.63) is 22.9 Å². The van der Waals surface area contributed by atoms with Crippen LogP contribution >= 0.6 is 0 Å². The number of anilines is 1. The molecule has 1 aromatic heterocycles. The van der Waals surface area contributed by atoms with Crippen molar-refractivity contribution in [3.63, 3.8) is 0 Å².